The van der Waals surface area contributed by atoms with Gasteiger partial charge in [-0.15, -0.1) is 0 Å². The number of carbonyl (C=O) groups is 1. The standard InChI is InChI=1S/C25H20ClF6N5O3/c1-23(39,25(30,31)32)22(38)33-8-10-37-9-7-18-20(37)21(35-13-34-18)36-15-5-6-19(17(26)12-15)40-16-4-2-3-14(11-16)24(27,28)29/h2-7,9,11-13,39H,8,10H2,1H3,(H,33,38)(H,34,35,36). The number of benzene rings is 2. The van der Waals surface area contributed by atoms with Crippen LogP contribution < -0.4 is 15.4 Å². The van der Waals surface area contributed by atoms with Crippen LogP contribution in [0.5, 0.6) is 11.5 Å². The number of halogens is 7. The number of nitrogens with one attached hydrogen (secondary N) is 2. The van der Waals surface area contributed by atoms with Crippen molar-refractivity contribution in [2.24, 2.45) is 0 Å². The molecule has 212 valence electrons. The van der Waals surface area contributed by atoms with Crippen LogP contribution in [0.1, 0.15) is 12.5 Å². The summed E-state index contributed by atoms with van der Waals surface area (Å²) in [4.78, 5) is 20.2. The van der Waals surface area contributed by atoms with Gasteiger partial charge in [0.1, 0.15) is 23.3 Å². The molecule has 0 fully saturated rings. The van der Waals surface area contributed by atoms with E-state index in [0.29, 0.717) is 29.5 Å². The second kappa shape index (κ2) is 10.8. The zero-order chi connectivity index (χ0) is 29.3. The van der Waals surface area contributed by atoms with Crippen molar-refractivity contribution < 1.29 is 41.0 Å². The topological polar surface area (TPSA) is 101 Å². The second-order valence-corrected chi connectivity index (χ2v) is 9.10. The molecule has 0 spiro atoms. The van der Waals surface area contributed by atoms with Gasteiger partial charge < -0.3 is 25.0 Å². The van der Waals surface area contributed by atoms with Gasteiger partial charge in [0.15, 0.2) is 5.82 Å². The maximum atomic E-state index is 13.0. The molecule has 2 aromatic carbocycles. The highest BCUT2D eigenvalue weighted by molar-refractivity contribution is 6.32. The monoisotopic (exact) mass is 587 g/mol. The van der Waals surface area contributed by atoms with Crippen LogP contribution in [0.2, 0.25) is 5.02 Å². The summed E-state index contributed by atoms with van der Waals surface area (Å²) >= 11 is 6.30. The number of alkyl halides is 6. The number of carbonyl (C=O) groups excluding carboxylic acids is 1. The van der Waals surface area contributed by atoms with Crippen LogP contribution in [-0.2, 0) is 17.5 Å². The smallest absolute Gasteiger partial charge is 0.426 e. The highest BCUT2D eigenvalue weighted by atomic mass is 35.5. The summed E-state index contributed by atoms with van der Waals surface area (Å²) in [7, 11) is 0. The zero-order valence-corrected chi connectivity index (χ0v) is 21.2. The summed E-state index contributed by atoms with van der Waals surface area (Å²) in [5, 5.41) is 14.7. The number of nitrogens with zero attached hydrogens (tertiary/aromatic N) is 3. The Hall–Kier alpha value is -4.04. The van der Waals surface area contributed by atoms with E-state index in [1.54, 1.807) is 22.9 Å². The maximum absolute atomic E-state index is 13.0. The van der Waals surface area contributed by atoms with Crippen molar-refractivity contribution in [3.8, 4) is 11.5 Å². The average Bonchev–Trinajstić information content (AvgIpc) is 3.28. The lowest BCUT2D eigenvalue weighted by atomic mass is 10.1. The molecule has 1 unspecified atom stereocenters. The maximum Gasteiger partial charge on any atom is 0.426 e. The summed E-state index contributed by atoms with van der Waals surface area (Å²) in [6.45, 7) is 0.149. The molecule has 0 saturated carbocycles. The first-order valence-electron chi connectivity index (χ1n) is 11.5. The summed E-state index contributed by atoms with van der Waals surface area (Å²) in [5.74, 6) is -1.25. The Bertz CT molecular complexity index is 1540. The molecule has 40 heavy (non-hydrogen) atoms. The van der Waals surface area contributed by atoms with Gasteiger partial charge in [-0.2, -0.15) is 26.3 Å². The van der Waals surface area contributed by atoms with Gasteiger partial charge in [-0.05, 0) is 49.4 Å². The van der Waals surface area contributed by atoms with Crippen LogP contribution in [0.25, 0.3) is 11.0 Å². The van der Waals surface area contributed by atoms with E-state index in [0.717, 1.165) is 12.1 Å². The minimum Gasteiger partial charge on any atom is -0.456 e. The van der Waals surface area contributed by atoms with Crippen molar-refractivity contribution in [1.29, 1.82) is 0 Å². The Morgan fingerprint density at radius 3 is 2.50 bits per heavy atom. The highest BCUT2D eigenvalue weighted by Crippen LogP contribution is 2.36. The molecule has 2 heterocycles. The van der Waals surface area contributed by atoms with Crippen LogP contribution in [0.15, 0.2) is 61.1 Å². The molecule has 0 bridgehead atoms. The average molecular weight is 588 g/mol. The number of ether oxygens (including phenoxy) is 1. The molecule has 0 aliphatic rings. The molecule has 0 aliphatic carbocycles. The van der Waals surface area contributed by atoms with Gasteiger partial charge in [0.25, 0.3) is 5.91 Å². The lowest BCUT2D eigenvalue weighted by Gasteiger charge is -2.24. The second-order valence-electron chi connectivity index (χ2n) is 8.69. The van der Waals surface area contributed by atoms with E-state index in [2.05, 4.69) is 20.6 Å². The molecular weight excluding hydrogens is 568 g/mol. The Morgan fingerprint density at radius 2 is 1.82 bits per heavy atom. The minimum absolute atomic E-state index is 0.0236. The first-order valence-corrected chi connectivity index (χ1v) is 11.8. The van der Waals surface area contributed by atoms with Gasteiger partial charge >= 0.3 is 12.4 Å². The van der Waals surface area contributed by atoms with Crippen molar-refractivity contribution in [2.45, 2.75) is 31.4 Å². The molecule has 15 heteroatoms. The van der Waals surface area contributed by atoms with Gasteiger partial charge in [-0.3, -0.25) is 4.79 Å². The van der Waals surface area contributed by atoms with Gasteiger partial charge in [-0.25, -0.2) is 9.97 Å². The summed E-state index contributed by atoms with van der Waals surface area (Å²) in [6, 6.07) is 10.4. The van der Waals surface area contributed by atoms with E-state index in [1.165, 1.54) is 30.6 Å². The number of fused-ring (bicyclic) bond motifs is 1. The van der Waals surface area contributed by atoms with Gasteiger partial charge in [0.2, 0.25) is 5.60 Å². The SMILES string of the molecule is CC(O)(C(=O)NCCn1ccc2ncnc(Nc3ccc(Oc4cccc(C(F)(F)F)c4)c(Cl)c3)c21)C(F)(F)F. The quantitative estimate of drug-likeness (QED) is 0.216. The third-order valence-corrected chi connectivity index (χ3v) is 6.06. The predicted octanol–water partition coefficient (Wildman–Crippen LogP) is 6.07. The number of rotatable bonds is 8. The molecule has 0 radical (unpaired) electrons. The van der Waals surface area contributed by atoms with Gasteiger partial charge in [-0.1, -0.05) is 17.7 Å². The van der Waals surface area contributed by atoms with Crippen LogP contribution in [0.3, 0.4) is 0 Å². The predicted molar refractivity (Wildman–Crippen MR) is 133 cm³/mol. The number of anilines is 2. The molecule has 0 aliphatic heterocycles. The largest absolute Gasteiger partial charge is 0.456 e. The lowest BCUT2D eigenvalue weighted by molar-refractivity contribution is -0.245. The van der Waals surface area contributed by atoms with Crippen molar-refractivity contribution in [1.82, 2.24) is 19.9 Å². The first-order chi connectivity index (χ1) is 18.7. The van der Waals surface area contributed by atoms with Crippen LogP contribution in [0, 0.1) is 0 Å². The van der Waals surface area contributed by atoms with Crippen molar-refractivity contribution in [3.05, 3.63) is 71.6 Å². The third kappa shape index (κ3) is 6.23. The number of aliphatic hydroxyl groups is 1. The normalized spacial score (nSPS) is 13.6. The molecule has 4 rings (SSSR count). The molecule has 8 nitrogen and oxygen atoms in total. The highest BCUT2D eigenvalue weighted by Gasteiger charge is 2.55. The van der Waals surface area contributed by atoms with Gasteiger partial charge in [0, 0.05) is 25.0 Å². The lowest BCUT2D eigenvalue weighted by Crippen LogP contribution is -2.55. The molecule has 1 atom stereocenters. The zero-order valence-electron chi connectivity index (χ0n) is 20.4. The Labute approximate surface area is 227 Å². The van der Waals surface area contributed by atoms with Crippen molar-refractivity contribution >= 4 is 40.0 Å². The third-order valence-electron chi connectivity index (χ3n) is 5.77. The van der Waals surface area contributed by atoms with E-state index in [-0.39, 0.29) is 29.6 Å². The van der Waals surface area contributed by atoms with Crippen molar-refractivity contribution in [2.75, 3.05) is 11.9 Å². The van der Waals surface area contributed by atoms with E-state index in [9.17, 15) is 36.2 Å². The van der Waals surface area contributed by atoms with Crippen LogP contribution in [-0.4, -0.2) is 43.9 Å². The minimum atomic E-state index is -5.14. The van der Waals surface area contributed by atoms with E-state index < -0.39 is 29.4 Å². The van der Waals surface area contributed by atoms with Gasteiger partial charge in [0.05, 0.1) is 16.1 Å². The molecule has 1 amide bonds. The summed E-state index contributed by atoms with van der Waals surface area (Å²) < 4.78 is 84.7. The molecule has 3 N–H and O–H groups in total. The molecule has 0 saturated heterocycles. The Balaban J connectivity index is 1.49. The van der Waals surface area contributed by atoms with E-state index >= 15 is 0 Å². The fourth-order valence-corrected chi connectivity index (χ4v) is 3.78. The Kier molecular flexibility index (Phi) is 7.85. The van der Waals surface area contributed by atoms with Crippen molar-refractivity contribution in [3.63, 3.8) is 0 Å². The fraction of sp³-hybridized carbons (Fsp3) is 0.240. The van der Waals surface area contributed by atoms with E-state index in [4.69, 9.17) is 16.3 Å². The van der Waals surface area contributed by atoms with Crippen LogP contribution in [0.4, 0.5) is 37.8 Å². The number of hydrogen-bond acceptors (Lipinski definition) is 6. The molecule has 2 aromatic heterocycles. The molecule has 4 aromatic rings. The number of amides is 1. The fourth-order valence-electron chi connectivity index (χ4n) is 3.56. The summed E-state index contributed by atoms with van der Waals surface area (Å²) in [5.41, 5.74) is -3.04. The summed E-state index contributed by atoms with van der Waals surface area (Å²) in [6.07, 6.45) is -6.80. The number of aromatic nitrogens is 3. The first kappa shape index (κ1) is 29.0. The van der Waals surface area contributed by atoms with Crippen LogP contribution >= 0.6 is 11.6 Å². The Morgan fingerprint density at radius 1 is 1.07 bits per heavy atom. The number of hydrogen-bond donors (Lipinski definition) is 3. The molecular formula is C25H20ClF6N5O3. The van der Waals surface area contributed by atoms with E-state index in [1.807, 2.05) is 0 Å².